The molecular formula is C13H15BrN2O. The van der Waals surface area contributed by atoms with E-state index in [2.05, 4.69) is 48.0 Å². The van der Waals surface area contributed by atoms with Crippen molar-refractivity contribution in [1.82, 2.24) is 9.38 Å². The van der Waals surface area contributed by atoms with Gasteiger partial charge in [-0.1, -0.05) is 0 Å². The van der Waals surface area contributed by atoms with Gasteiger partial charge < -0.3 is 4.74 Å². The van der Waals surface area contributed by atoms with E-state index >= 15 is 0 Å². The van der Waals surface area contributed by atoms with Gasteiger partial charge >= 0.3 is 0 Å². The van der Waals surface area contributed by atoms with Gasteiger partial charge in [0.25, 0.3) is 0 Å². The van der Waals surface area contributed by atoms with Crippen LogP contribution in [0.25, 0.3) is 5.65 Å². The Hall–Kier alpha value is -0.870. The second-order valence-corrected chi connectivity index (χ2v) is 6.34. The number of nitrogens with zero attached hydrogens (tertiary/aromatic N) is 2. The molecule has 0 spiro atoms. The number of halogens is 1. The third-order valence-corrected chi connectivity index (χ3v) is 3.87. The molecule has 4 heteroatoms. The number of rotatable bonds is 0. The minimum atomic E-state index is -0.329. The Balaban J connectivity index is 2.45. The van der Waals surface area contributed by atoms with E-state index < -0.39 is 0 Å². The summed E-state index contributed by atoms with van der Waals surface area (Å²) in [7, 11) is 0. The van der Waals surface area contributed by atoms with Crippen molar-refractivity contribution in [2.24, 2.45) is 0 Å². The molecule has 0 unspecified atom stereocenters. The molecule has 2 aromatic rings. The highest BCUT2D eigenvalue weighted by Gasteiger charge is 2.47. The van der Waals surface area contributed by atoms with Crippen LogP contribution in [0.4, 0.5) is 0 Å². The normalized spacial score (nSPS) is 20.8. The highest BCUT2D eigenvalue weighted by Crippen LogP contribution is 2.46. The van der Waals surface area contributed by atoms with Crippen LogP contribution in [0, 0.1) is 0 Å². The van der Waals surface area contributed by atoms with E-state index in [1.54, 1.807) is 0 Å². The molecule has 90 valence electrons. The largest absolute Gasteiger partial charge is 0.357 e. The van der Waals surface area contributed by atoms with Gasteiger partial charge in [-0.15, -0.1) is 0 Å². The van der Waals surface area contributed by atoms with Crippen molar-refractivity contribution in [2.75, 3.05) is 0 Å². The number of hydrogen-bond acceptors (Lipinski definition) is 2. The van der Waals surface area contributed by atoms with E-state index in [1.165, 1.54) is 0 Å². The van der Waals surface area contributed by atoms with E-state index in [0.717, 1.165) is 21.5 Å². The first-order chi connectivity index (χ1) is 7.83. The number of fused-ring (bicyclic) bond motifs is 3. The molecule has 0 bridgehead atoms. The average molecular weight is 295 g/mol. The summed E-state index contributed by atoms with van der Waals surface area (Å²) in [6.07, 6.45) is 2.04. The molecule has 0 N–H and O–H groups in total. The van der Waals surface area contributed by atoms with Gasteiger partial charge in [0.05, 0.1) is 15.9 Å². The third-order valence-electron chi connectivity index (χ3n) is 3.25. The Morgan fingerprint density at radius 2 is 1.94 bits per heavy atom. The molecule has 17 heavy (non-hydrogen) atoms. The van der Waals surface area contributed by atoms with E-state index in [4.69, 9.17) is 9.72 Å². The first-order valence-corrected chi connectivity index (χ1v) is 6.50. The van der Waals surface area contributed by atoms with E-state index in [1.807, 2.05) is 18.3 Å². The smallest absolute Gasteiger partial charge is 0.151 e. The zero-order valence-electron chi connectivity index (χ0n) is 10.4. The van der Waals surface area contributed by atoms with Crippen molar-refractivity contribution in [2.45, 2.75) is 38.9 Å². The number of hydrogen-bond donors (Lipinski definition) is 0. The standard InChI is InChI=1S/C13H15BrN2O/c1-12(2)9-10(13(3,4)17-12)16-7-5-6-8(14)11(16)15-9/h5-7H,1-4H3. The van der Waals surface area contributed by atoms with Crippen LogP contribution in [-0.2, 0) is 15.9 Å². The summed E-state index contributed by atoms with van der Waals surface area (Å²) in [5.74, 6) is 0. The van der Waals surface area contributed by atoms with Crippen LogP contribution >= 0.6 is 15.9 Å². The molecule has 0 amide bonds. The average Bonchev–Trinajstić information content (AvgIpc) is 2.64. The maximum Gasteiger partial charge on any atom is 0.151 e. The van der Waals surface area contributed by atoms with Gasteiger partial charge in [-0.3, -0.25) is 4.40 Å². The molecule has 0 saturated heterocycles. The minimum Gasteiger partial charge on any atom is -0.357 e. The second-order valence-electron chi connectivity index (χ2n) is 5.48. The topological polar surface area (TPSA) is 26.5 Å². The number of pyridine rings is 1. The van der Waals surface area contributed by atoms with Gasteiger partial charge in [0.15, 0.2) is 5.65 Å². The van der Waals surface area contributed by atoms with Crippen LogP contribution in [0.2, 0.25) is 0 Å². The van der Waals surface area contributed by atoms with Crippen LogP contribution in [0.1, 0.15) is 39.1 Å². The van der Waals surface area contributed by atoms with Crippen LogP contribution < -0.4 is 0 Å². The zero-order chi connectivity index (χ0) is 12.4. The predicted octanol–water partition coefficient (Wildman–Crippen LogP) is 3.60. The summed E-state index contributed by atoms with van der Waals surface area (Å²) in [5, 5.41) is 0. The van der Waals surface area contributed by atoms with Crippen molar-refractivity contribution in [3.8, 4) is 0 Å². The maximum atomic E-state index is 6.10. The molecule has 0 saturated carbocycles. The predicted molar refractivity (Wildman–Crippen MR) is 70.0 cm³/mol. The quantitative estimate of drug-likeness (QED) is 0.742. The first-order valence-electron chi connectivity index (χ1n) is 5.71. The lowest BCUT2D eigenvalue weighted by molar-refractivity contribution is -0.108. The molecular weight excluding hydrogens is 280 g/mol. The van der Waals surface area contributed by atoms with Crippen molar-refractivity contribution < 1.29 is 4.74 Å². The molecule has 3 rings (SSSR count). The molecule has 0 aromatic carbocycles. The summed E-state index contributed by atoms with van der Waals surface area (Å²) in [5.41, 5.74) is 2.51. The molecule has 0 atom stereocenters. The molecule has 1 aliphatic heterocycles. The number of imidazole rings is 1. The van der Waals surface area contributed by atoms with Crippen molar-refractivity contribution in [1.29, 1.82) is 0 Å². The third kappa shape index (κ3) is 1.40. The fourth-order valence-corrected chi connectivity index (χ4v) is 3.20. The second kappa shape index (κ2) is 3.12. The lowest BCUT2D eigenvalue weighted by atomic mass is 10.0. The summed E-state index contributed by atoms with van der Waals surface area (Å²) < 4.78 is 9.23. The fraction of sp³-hybridized carbons (Fsp3) is 0.462. The Bertz CT molecular complexity index is 613. The summed E-state index contributed by atoms with van der Waals surface area (Å²) in [6, 6.07) is 4.03. The summed E-state index contributed by atoms with van der Waals surface area (Å²) >= 11 is 3.55. The molecule has 0 aliphatic carbocycles. The number of aromatic nitrogens is 2. The van der Waals surface area contributed by atoms with E-state index in [-0.39, 0.29) is 11.2 Å². The lowest BCUT2D eigenvalue weighted by Crippen LogP contribution is -2.24. The van der Waals surface area contributed by atoms with Gasteiger partial charge in [-0.25, -0.2) is 4.98 Å². The Morgan fingerprint density at radius 1 is 1.24 bits per heavy atom. The van der Waals surface area contributed by atoms with Crippen molar-refractivity contribution in [3.63, 3.8) is 0 Å². The minimum absolute atomic E-state index is 0.307. The Labute approximate surface area is 109 Å². The van der Waals surface area contributed by atoms with E-state index in [0.29, 0.717) is 0 Å². The maximum absolute atomic E-state index is 6.10. The van der Waals surface area contributed by atoms with Crippen LogP contribution in [0.15, 0.2) is 22.8 Å². The fourth-order valence-electron chi connectivity index (χ4n) is 2.76. The van der Waals surface area contributed by atoms with Crippen LogP contribution in [-0.4, -0.2) is 9.38 Å². The molecule has 3 heterocycles. The van der Waals surface area contributed by atoms with Gasteiger partial charge in [0, 0.05) is 6.20 Å². The first kappa shape index (κ1) is 11.2. The summed E-state index contributed by atoms with van der Waals surface area (Å²) in [4.78, 5) is 4.73. The van der Waals surface area contributed by atoms with Gasteiger partial charge in [-0.05, 0) is 55.8 Å². The monoisotopic (exact) mass is 294 g/mol. The zero-order valence-corrected chi connectivity index (χ0v) is 12.0. The highest BCUT2D eigenvalue weighted by molar-refractivity contribution is 9.10. The molecule has 2 aromatic heterocycles. The Morgan fingerprint density at radius 3 is 2.65 bits per heavy atom. The van der Waals surface area contributed by atoms with Crippen LogP contribution in [0.5, 0.6) is 0 Å². The van der Waals surface area contributed by atoms with Crippen molar-refractivity contribution >= 4 is 21.6 Å². The lowest BCUT2D eigenvalue weighted by Gasteiger charge is -2.25. The summed E-state index contributed by atoms with van der Waals surface area (Å²) in [6.45, 7) is 8.33. The van der Waals surface area contributed by atoms with Gasteiger partial charge in [0.1, 0.15) is 11.2 Å². The van der Waals surface area contributed by atoms with Crippen LogP contribution in [0.3, 0.4) is 0 Å². The highest BCUT2D eigenvalue weighted by atomic mass is 79.9. The van der Waals surface area contributed by atoms with Gasteiger partial charge in [-0.2, -0.15) is 0 Å². The molecule has 1 aliphatic rings. The van der Waals surface area contributed by atoms with E-state index in [9.17, 15) is 0 Å². The SMILES string of the molecule is CC1(C)OC(C)(C)c2c1nc1c(Br)cccn21. The van der Waals surface area contributed by atoms with Gasteiger partial charge in [0.2, 0.25) is 0 Å². The molecule has 0 radical (unpaired) electrons. The Kier molecular flexibility index (Phi) is 2.06. The van der Waals surface area contributed by atoms with Crippen molar-refractivity contribution in [3.05, 3.63) is 34.2 Å². The molecule has 0 fully saturated rings. The molecule has 3 nitrogen and oxygen atoms in total. The number of ether oxygens (including phenoxy) is 1.